The van der Waals surface area contributed by atoms with Gasteiger partial charge in [0.25, 0.3) is 0 Å². The Kier molecular flexibility index (Phi) is 4.94. The van der Waals surface area contributed by atoms with Gasteiger partial charge in [0.15, 0.2) is 23.3 Å². The van der Waals surface area contributed by atoms with Gasteiger partial charge in [-0.25, -0.2) is 17.6 Å². The van der Waals surface area contributed by atoms with Crippen LogP contribution >= 0.6 is 15.9 Å². The number of unbranched alkanes of at least 4 members (excludes halogenated alkanes) is 1. The van der Waals surface area contributed by atoms with E-state index < -0.39 is 39.4 Å². The highest BCUT2D eigenvalue weighted by Crippen LogP contribution is 2.34. The van der Waals surface area contributed by atoms with Gasteiger partial charge >= 0.3 is 0 Å². The number of hydrogen-bond donors (Lipinski definition) is 1. The van der Waals surface area contributed by atoms with Gasteiger partial charge in [-0.05, 0) is 22.4 Å². The molecule has 0 saturated heterocycles. The van der Waals surface area contributed by atoms with E-state index in [0.29, 0.717) is 6.42 Å². The maximum Gasteiger partial charge on any atom is 0.198 e. The van der Waals surface area contributed by atoms with Crippen LogP contribution in [0.1, 0.15) is 37.9 Å². The van der Waals surface area contributed by atoms with Crippen LogP contribution in [-0.2, 0) is 0 Å². The third-order valence-corrected chi connectivity index (χ3v) is 3.18. The van der Waals surface area contributed by atoms with Crippen LogP contribution in [-0.4, -0.2) is 5.11 Å². The predicted molar refractivity (Wildman–Crippen MR) is 58.5 cm³/mol. The first-order valence-corrected chi connectivity index (χ1v) is 5.90. The first-order valence-electron chi connectivity index (χ1n) is 5.11. The lowest BCUT2D eigenvalue weighted by Gasteiger charge is -2.15. The first kappa shape index (κ1) is 14.4. The third kappa shape index (κ3) is 2.80. The molecule has 0 aliphatic carbocycles. The van der Waals surface area contributed by atoms with Crippen molar-refractivity contribution < 1.29 is 22.7 Å². The quantitative estimate of drug-likeness (QED) is 0.501. The number of benzene rings is 1. The molecule has 0 aliphatic heterocycles. The second kappa shape index (κ2) is 5.82. The average Bonchev–Trinajstić information content (AvgIpc) is 2.31. The van der Waals surface area contributed by atoms with Crippen molar-refractivity contribution in [1.29, 1.82) is 0 Å². The van der Waals surface area contributed by atoms with Gasteiger partial charge in [-0.1, -0.05) is 19.8 Å². The molecule has 1 unspecified atom stereocenters. The fourth-order valence-corrected chi connectivity index (χ4v) is 2.07. The molecule has 0 bridgehead atoms. The normalized spacial score (nSPS) is 12.9. The molecular weight excluding hydrogens is 304 g/mol. The van der Waals surface area contributed by atoms with Crippen molar-refractivity contribution in [3.8, 4) is 0 Å². The van der Waals surface area contributed by atoms with Crippen LogP contribution in [0.4, 0.5) is 17.6 Å². The number of aliphatic hydroxyl groups is 1. The van der Waals surface area contributed by atoms with Gasteiger partial charge < -0.3 is 5.11 Å². The maximum absolute atomic E-state index is 13.4. The zero-order valence-electron chi connectivity index (χ0n) is 9.04. The van der Waals surface area contributed by atoms with E-state index >= 15 is 0 Å². The Morgan fingerprint density at radius 1 is 1.06 bits per heavy atom. The van der Waals surface area contributed by atoms with Crippen LogP contribution in [0.3, 0.4) is 0 Å². The van der Waals surface area contributed by atoms with E-state index in [9.17, 15) is 22.7 Å². The molecular formula is C11H11BrF4O. The van der Waals surface area contributed by atoms with Gasteiger partial charge in [0.05, 0.1) is 10.6 Å². The number of halogens is 5. The summed E-state index contributed by atoms with van der Waals surface area (Å²) < 4.78 is 51.9. The lowest BCUT2D eigenvalue weighted by atomic mass is 10.0. The highest BCUT2D eigenvalue weighted by atomic mass is 79.9. The van der Waals surface area contributed by atoms with Crippen molar-refractivity contribution >= 4 is 15.9 Å². The summed E-state index contributed by atoms with van der Waals surface area (Å²) in [6.45, 7) is 1.85. The van der Waals surface area contributed by atoms with Gasteiger partial charge in [0.2, 0.25) is 0 Å². The molecule has 1 N–H and O–H groups in total. The second-order valence-electron chi connectivity index (χ2n) is 3.64. The van der Waals surface area contributed by atoms with E-state index in [4.69, 9.17) is 0 Å². The SMILES string of the molecule is CCCCC(O)c1c(F)c(F)c(F)c(F)c1Br. The summed E-state index contributed by atoms with van der Waals surface area (Å²) in [4.78, 5) is 0. The topological polar surface area (TPSA) is 20.2 Å². The van der Waals surface area contributed by atoms with E-state index in [1.807, 2.05) is 6.92 Å². The van der Waals surface area contributed by atoms with Crippen molar-refractivity contribution in [3.05, 3.63) is 33.3 Å². The van der Waals surface area contributed by atoms with Gasteiger partial charge in [-0.3, -0.25) is 0 Å². The summed E-state index contributed by atoms with van der Waals surface area (Å²) in [5.74, 6) is -6.88. The van der Waals surface area contributed by atoms with E-state index in [2.05, 4.69) is 15.9 Å². The molecule has 0 fully saturated rings. The number of aliphatic hydroxyl groups excluding tert-OH is 1. The molecule has 1 aromatic carbocycles. The molecule has 1 atom stereocenters. The molecule has 1 aromatic rings. The van der Waals surface area contributed by atoms with Crippen LogP contribution in [0.25, 0.3) is 0 Å². The van der Waals surface area contributed by atoms with E-state index in [1.54, 1.807) is 0 Å². The van der Waals surface area contributed by atoms with Crippen molar-refractivity contribution in [3.63, 3.8) is 0 Å². The summed E-state index contributed by atoms with van der Waals surface area (Å²) in [5.41, 5.74) is -0.574. The maximum atomic E-state index is 13.4. The minimum absolute atomic E-state index is 0.149. The molecule has 0 amide bonds. The fourth-order valence-electron chi connectivity index (χ4n) is 1.46. The highest BCUT2D eigenvalue weighted by molar-refractivity contribution is 9.10. The first-order chi connectivity index (χ1) is 7.91. The zero-order valence-corrected chi connectivity index (χ0v) is 10.6. The number of rotatable bonds is 4. The van der Waals surface area contributed by atoms with Crippen molar-refractivity contribution in [2.75, 3.05) is 0 Å². The summed E-state index contributed by atoms with van der Waals surface area (Å²) >= 11 is 2.63. The zero-order chi connectivity index (χ0) is 13.2. The Labute approximate surface area is 105 Å². The predicted octanol–water partition coefficient (Wildman–Crippen LogP) is 4.23. The third-order valence-electron chi connectivity index (χ3n) is 2.41. The summed E-state index contributed by atoms with van der Waals surface area (Å²) in [6.07, 6.45) is 0.0843. The molecule has 0 saturated carbocycles. The van der Waals surface area contributed by atoms with Crippen molar-refractivity contribution in [2.45, 2.75) is 32.3 Å². The number of hydrogen-bond acceptors (Lipinski definition) is 1. The highest BCUT2D eigenvalue weighted by Gasteiger charge is 2.27. The molecule has 0 radical (unpaired) electrons. The van der Waals surface area contributed by atoms with Crippen LogP contribution in [0, 0.1) is 23.3 Å². The van der Waals surface area contributed by atoms with Gasteiger partial charge in [-0.2, -0.15) is 0 Å². The van der Waals surface area contributed by atoms with E-state index in [0.717, 1.165) is 6.42 Å². The summed E-state index contributed by atoms with van der Waals surface area (Å²) in [7, 11) is 0. The van der Waals surface area contributed by atoms with Gasteiger partial charge in [-0.15, -0.1) is 0 Å². The van der Waals surface area contributed by atoms with E-state index in [1.165, 1.54) is 0 Å². The molecule has 0 aromatic heterocycles. The molecule has 96 valence electrons. The van der Waals surface area contributed by atoms with Gasteiger partial charge in [0, 0.05) is 5.56 Å². The standard InChI is InChI=1S/C11H11BrF4O/c1-2-3-4-5(17)6-7(12)9(14)11(16)10(15)8(6)13/h5,17H,2-4H2,1H3. The Hall–Kier alpha value is -0.620. The average molecular weight is 315 g/mol. The second-order valence-corrected chi connectivity index (χ2v) is 4.43. The summed E-state index contributed by atoms with van der Waals surface area (Å²) in [5, 5.41) is 9.63. The Morgan fingerprint density at radius 2 is 1.59 bits per heavy atom. The largest absolute Gasteiger partial charge is 0.388 e. The smallest absolute Gasteiger partial charge is 0.198 e. The summed E-state index contributed by atoms with van der Waals surface area (Å²) in [6, 6.07) is 0. The lowest BCUT2D eigenvalue weighted by molar-refractivity contribution is 0.156. The van der Waals surface area contributed by atoms with Crippen molar-refractivity contribution in [1.82, 2.24) is 0 Å². The minimum Gasteiger partial charge on any atom is -0.388 e. The van der Waals surface area contributed by atoms with Gasteiger partial charge in [0.1, 0.15) is 0 Å². The minimum atomic E-state index is -1.91. The Balaban J connectivity index is 3.24. The van der Waals surface area contributed by atoms with Crippen LogP contribution in [0.15, 0.2) is 4.47 Å². The molecule has 0 heterocycles. The molecule has 1 rings (SSSR count). The Morgan fingerprint density at radius 3 is 2.12 bits per heavy atom. The van der Waals surface area contributed by atoms with Crippen LogP contribution in [0.2, 0.25) is 0 Å². The lowest BCUT2D eigenvalue weighted by Crippen LogP contribution is -2.08. The molecule has 0 aliphatic rings. The van der Waals surface area contributed by atoms with Crippen LogP contribution < -0.4 is 0 Å². The van der Waals surface area contributed by atoms with E-state index in [-0.39, 0.29) is 6.42 Å². The fraction of sp³-hybridized carbons (Fsp3) is 0.455. The monoisotopic (exact) mass is 314 g/mol. The molecule has 17 heavy (non-hydrogen) atoms. The molecule has 0 spiro atoms. The van der Waals surface area contributed by atoms with Crippen molar-refractivity contribution in [2.24, 2.45) is 0 Å². The Bertz CT molecular complexity index is 393. The molecule has 1 nitrogen and oxygen atoms in total. The molecule has 6 heteroatoms. The van der Waals surface area contributed by atoms with Crippen LogP contribution in [0.5, 0.6) is 0 Å².